The summed E-state index contributed by atoms with van der Waals surface area (Å²) in [6, 6.07) is 9.94. The smallest absolute Gasteiger partial charge is 0.0296 e. The van der Waals surface area contributed by atoms with Gasteiger partial charge in [-0.1, -0.05) is 50.5 Å². The van der Waals surface area contributed by atoms with E-state index in [2.05, 4.69) is 50.4 Å². The zero-order valence-corrected chi connectivity index (χ0v) is 12.1. The van der Waals surface area contributed by atoms with Gasteiger partial charge in [0.25, 0.3) is 0 Å². The molecule has 0 aromatic heterocycles. The minimum Gasteiger partial charge on any atom is -0.307 e. The third-order valence-corrected chi connectivity index (χ3v) is 4.50. The highest BCUT2D eigenvalue weighted by Gasteiger charge is 2.22. The number of benzene rings is 1. The van der Waals surface area contributed by atoms with E-state index in [1.54, 1.807) is 0 Å². The normalized spacial score (nSPS) is 25.9. The number of hydrogen-bond donors (Lipinski definition) is 1. The molecule has 0 bridgehead atoms. The standard InChI is InChI=1S/C17H27N/c1-4-15-9-7-10-16(12-15)18-14(3)17-11-6-5-8-13(17)2/h5-6,8,11,14-16,18H,4,7,9-10,12H2,1-3H3. The van der Waals surface area contributed by atoms with E-state index in [1.807, 2.05) is 0 Å². The van der Waals surface area contributed by atoms with Gasteiger partial charge in [-0.3, -0.25) is 0 Å². The zero-order valence-electron chi connectivity index (χ0n) is 12.1. The predicted molar refractivity (Wildman–Crippen MR) is 78.8 cm³/mol. The first-order valence-corrected chi connectivity index (χ1v) is 7.52. The van der Waals surface area contributed by atoms with Crippen molar-refractivity contribution in [2.45, 2.75) is 65.0 Å². The van der Waals surface area contributed by atoms with Crippen molar-refractivity contribution in [1.29, 1.82) is 0 Å². The monoisotopic (exact) mass is 245 g/mol. The van der Waals surface area contributed by atoms with Crippen molar-refractivity contribution in [2.75, 3.05) is 0 Å². The molecule has 0 radical (unpaired) electrons. The van der Waals surface area contributed by atoms with Crippen LogP contribution in [0.15, 0.2) is 24.3 Å². The molecule has 0 saturated heterocycles. The molecule has 18 heavy (non-hydrogen) atoms. The van der Waals surface area contributed by atoms with Crippen molar-refractivity contribution in [3.05, 3.63) is 35.4 Å². The highest BCUT2D eigenvalue weighted by atomic mass is 14.9. The Morgan fingerprint density at radius 1 is 1.28 bits per heavy atom. The molecule has 1 aromatic carbocycles. The summed E-state index contributed by atoms with van der Waals surface area (Å²) in [6.07, 6.45) is 6.90. The van der Waals surface area contributed by atoms with E-state index in [9.17, 15) is 0 Å². The Kier molecular flexibility index (Phi) is 4.82. The van der Waals surface area contributed by atoms with Crippen LogP contribution in [0.3, 0.4) is 0 Å². The molecular weight excluding hydrogens is 218 g/mol. The van der Waals surface area contributed by atoms with Gasteiger partial charge < -0.3 is 5.32 Å². The fraction of sp³-hybridized carbons (Fsp3) is 0.647. The van der Waals surface area contributed by atoms with Crippen molar-refractivity contribution in [1.82, 2.24) is 5.32 Å². The molecule has 1 fully saturated rings. The Labute approximate surface area is 112 Å². The van der Waals surface area contributed by atoms with Gasteiger partial charge in [0.2, 0.25) is 0 Å². The number of aryl methyl sites for hydroxylation is 1. The minimum absolute atomic E-state index is 0.479. The van der Waals surface area contributed by atoms with Crippen LogP contribution >= 0.6 is 0 Å². The second kappa shape index (κ2) is 6.38. The molecule has 0 aliphatic heterocycles. The van der Waals surface area contributed by atoms with Crippen LogP contribution in [0, 0.1) is 12.8 Å². The Hall–Kier alpha value is -0.820. The summed E-state index contributed by atoms with van der Waals surface area (Å²) in [4.78, 5) is 0. The highest BCUT2D eigenvalue weighted by Crippen LogP contribution is 2.28. The lowest BCUT2D eigenvalue weighted by molar-refractivity contribution is 0.266. The Morgan fingerprint density at radius 3 is 2.78 bits per heavy atom. The number of nitrogens with one attached hydrogen (secondary N) is 1. The summed E-state index contributed by atoms with van der Waals surface area (Å²) in [7, 11) is 0. The van der Waals surface area contributed by atoms with Crippen LogP contribution in [0.5, 0.6) is 0 Å². The Morgan fingerprint density at radius 2 is 2.06 bits per heavy atom. The predicted octanol–water partition coefficient (Wildman–Crippen LogP) is 4.61. The quantitative estimate of drug-likeness (QED) is 0.816. The molecule has 1 N–H and O–H groups in total. The third-order valence-electron chi connectivity index (χ3n) is 4.50. The largest absolute Gasteiger partial charge is 0.307 e. The molecule has 1 heteroatoms. The van der Waals surface area contributed by atoms with Gasteiger partial charge in [0.05, 0.1) is 0 Å². The number of rotatable bonds is 4. The SMILES string of the molecule is CCC1CCCC(NC(C)c2ccccc2C)C1. The summed E-state index contributed by atoms with van der Waals surface area (Å²) >= 11 is 0. The molecule has 1 aromatic rings. The van der Waals surface area contributed by atoms with Crippen molar-refractivity contribution in [2.24, 2.45) is 5.92 Å². The van der Waals surface area contributed by atoms with E-state index >= 15 is 0 Å². The Bertz CT molecular complexity index is 372. The molecule has 3 unspecified atom stereocenters. The van der Waals surface area contributed by atoms with Crippen molar-refractivity contribution >= 4 is 0 Å². The molecule has 100 valence electrons. The topological polar surface area (TPSA) is 12.0 Å². The van der Waals surface area contributed by atoms with Crippen LogP contribution in [-0.2, 0) is 0 Å². The summed E-state index contributed by atoms with van der Waals surface area (Å²) in [5, 5.41) is 3.84. The molecule has 1 aliphatic rings. The van der Waals surface area contributed by atoms with E-state index in [1.165, 1.54) is 43.2 Å². The number of hydrogen-bond acceptors (Lipinski definition) is 1. The van der Waals surface area contributed by atoms with Gasteiger partial charge >= 0.3 is 0 Å². The first kappa shape index (κ1) is 13.6. The van der Waals surface area contributed by atoms with E-state index in [-0.39, 0.29) is 0 Å². The maximum atomic E-state index is 3.84. The van der Waals surface area contributed by atoms with Gasteiger partial charge in [0.1, 0.15) is 0 Å². The van der Waals surface area contributed by atoms with Gasteiger partial charge in [0.15, 0.2) is 0 Å². The van der Waals surface area contributed by atoms with Crippen LogP contribution in [0.25, 0.3) is 0 Å². The molecule has 1 aliphatic carbocycles. The fourth-order valence-corrected chi connectivity index (χ4v) is 3.33. The zero-order chi connectivity index (χ0) is 13.0. The first-order chi connectivity index (χ1) is 8.70. The van der Waals surface area contributed by atoms with Gasteiger partial charge in [-0.05, 0) is 43.7 Å². The molecule has 1 saturated carbocycles. The lowest BCUT2D eigenvalue weighted by Crippen LogP contribution is -2.36. The minimum atomic E-state index is 0.479. The van der Waals surface area contributed by atoms with Gasteiger partial charge in [0, 0.05) is 12.1 Å². The van der Waals surface area contributed by atoms with Gasteiger partial charge in [-0.2, -0.15) is 0 Å². The van der Waals surface area contributed by atoms with Crippen molar-refractivity contribution in [3.8, 4) is 0 Å². The summed E-state index contributed by atoms with van der Waals surface area (Å²) < 4.78 is 0. The van der Waals surface area contributed by atoms with Crippen LogP contribution < -0.4 is 5.32 Å². The highest BCUT2D eigenvalue weighted by molar-refractivity contribution is 5.28. The van der Waals surface area contributed by atoms with Crippen molar-refractivity contribution in [3.63, 3.8) is 0 Å². The molecule has 1 nitrogen and oxygen atoms in total. The maximum Gasteiger partial charge on any atom is 0.0296 e. The molecular formula is C17H27N. The second-order valence-electron chi connectivity index (χ2n) is 5.88. The van der Waals surface area contributed by atoms with Crippen LogP contribution in [0.1, 0.15) is 63.1 Å². The summed E-state index contributed by atoms with van der Waals surface area (Å²) in [5.74, 6) is 0.945. The summed E-state index contributed by atoms with van der Waals surface area (Å²) in [5.41, 5.74) is 2.86. The summed E-state index contributed by atoms with van der Waals surface area (Å²) in [6.45, 7) is 6.85. The van der Waals surface area contributed by atoms with Crippen LogP contribution in [0.2, 0.25) is 0 Å². The van der Waals surface area contributed by atoms with Crippen LogP contribution in [-0.4, -0.2) is 6.04 Å². The first-order valence-electron chi connectivity index (χ1n) is 7.52. The lowest BCUT2D eigenvalue weighted by Gasteiger charge is -2.32. The van der Waals surface area contributed by atoms with Crippen LogP contribution in [0.4, 0.5) is 0 Å². The molecule has 2 rings (SSSR count). The average molecular weight is 245 g/mol. The van der Waals surface area contributed by atoms with E-state index < -0.39 is 0 Å². The molecule has 0 amide bonds. The van der Waals surface area contributed by atoms with Gasteiger partial charge in [-0.25, -0.2) is 0 Å². The van der Waals surface area contributed by atoms with E-state index in [0.29, 0.717) is 6.04 Å². The third kappa shape index (κ3) is 3.35. The molecule has 0 spiro atoms. The maximum absolute atomic E-state index is 3.84. The average Bonchev–Trinajstić information content (AvgIpc) is 2.39. The van der Waals surface area contributed by atoms with E-state index in [0.717, 1.165) is 12.0 Å². The Balaban J connectivity index is 1.95. The molecule has 3 atom stereocenters. The second-order valence-corrected chi connectivity index (χ2v) is 5.88. The van der Waals surface area contributed by atoms with Gasteiger partial charge in [-0.15, -0.1) is 0 Å². The lowest BCUT2D eigenvalue weighted by atomic mass is 9.83. The van der Waals surface area contributed by atoms with E-state index in [4.69, 9.17) is 0 Å². The molecule has 0 heterocycles. The fourth-order valence-electron chi connectivity index (χ4n) is 3.33. The van der Waals surface area contributed by atoms with Crippen molar-refractivity contribution < 1.29 is 0 Å².